The number of hydrogen-bond acceptors (Lipinski definition) is 5. The molecule has 1 unspecified atom stereocenters. The van der Waals surface area contributed by atoms with Gasteiger partial charge >= 0.3 is 0 Å². The van der Waals surface area contributed by atoms with Crippen LogP contribution in [0, 0.1) is 0 Å². The number of ether oxygens (including phenoxy) is 2. The number of nitrogens with one attached hydrogen (secondary N) is 1. The Morgan fingerprint density at radius 2 is 1.50 bits per heavy atom. The summed E-state index contributed by atoms with van der Waals surface area (Å²) in [5.41, 5.74) is 6.03. The molecule has 1 aromatic heterocycles. The summed E-state index contributed by atoms with van der Waals surface area (Å²) in [6, 6.07) is 33.9. The smallest absolute Gasteiger partial charge is 0.253 e. The molecular weight excluding hydrogens is 518 g/mol. The molecule has 0 saturated heterocycles. The first kappa shape index (κ1) is 25.8. The lowest BCUT2D eigenvalue weighted by atomic mass is 9.98. The van der Waals surface area contributed by atoms with Crippen molar-refractivity contribution in [1.82, 2.24) is 9.99 Å². The number of fused-ring (bicyclic) bond motifs is 1. The van der Waals surface area contributed by atoms with Crippen molar-refractivity contribution in [2.75, 3.05) is 20.0 Å². The van der Waals surface area contributed by atoms with Crippen molar-refractivity contribution < 1.29 is 14.3 Å². The normalized spacial score (nSPS) is 14.8. The third-order valence-electron chi connectivity index (χ3n) is 7.15. The lowest BCUT2D eigenvalue weighted by Gasteiger charge is -2.22. The van der Waals surface area contributed by atoms with E-state index in [1.54, 1.807) is 31.0 Å². The van der Waals surface area contributed by atoms with Gasteiger partial charge in [-0.15, -0.1) is 11.8 Å². The number of amides is 1. The zero-order valence-electron chi connectivity index (χ0n) is 22.3. The monoisotopic (exact) mass is 547 g/mol. The summed E-state index contributed by atoms with van der Waals surface area (Å²) >= 11 is 1.55. The van der Waals surface area contributed by atoms with E-state index in [4.69, 9.17) is 14.6 Å². The van der Waals surface area contributed by atoms with Crippen LogP contribution in [0.25, 0.3) is 22.2 Å². The van der Waals surface area contributed by atoms with Gasteiger partial charge < -0.3 is 14.5 Å². The lowest BCUT2D eigenvalue weighted by molar-refractivity contribution is -0.130. The van der Waals surface area contributed by atoms with Crippen LogP contribution in [0.5, 0.6) is 11.5 Å². The topological polar surface area (TPSA) is 66.9 Å². The number of para-hydroxylation sites is 1. The Morgan fingerprint density at radius 3 is 2.20 bits per heavy atom. The minimum Gasteiger partial charge on any atom is -0.497 e. The van der Waals surface area contributed by atoms with Gasteiger partial charge in [-0.25, -0.2) is 5.01 Å². The summed E-state index contributed by atoms with van der Waals surface area (Å²) in [5.74, 6) is 1.78. The van der Waals surface area contributed by atoms with E-state index in [2.05, 4.69) is 29.2 Å². The van der Waals surface area contributed by atoms with Crippen molar-refractivity contribution in [3.05, 3.63) is 114 Å². The van der Waals surface area contributed by atoms with Gasteiger partial charge in [-0.3, -0.25) is 4.79 Å². The van der Waals surface area contributed by atoms with Crippen LogP contribution >= 0.6 is 11.8 Å². The molecule has 1 N–H and O–H groups in total. The summed E-state index contributed by atoms with van der Waals surface area (Å²) < 4.78 is 10.7. The Hall–Kier alpha value is -4.49. The van der Waals surface area contributed by atoms with Gasteiger partial charge in [0.2, 0.25) is 0 Å². The van der Waals surface area contributed by atoms with Crippen molar-refractivity contribution in [2.45, 2.75) is 17.4 Å². The molecule has 200 valence electrons. The fourth-order valence-electron chi connectivity index (χ4n) is 5.06. The highest BCUT2D eigenvalue weighted by atomic mass is 32.2. The van der Waals surface area contributed by atoms with Gasteiger partial charge in [0.25, 0.3) is 5.91 Å². The van der Waals surface area contributed by atoms with Gasteiger partial charge in [-0.05, 0) is 59.2 Å². The third-order valence-corrected chi connectivity index (χ3v) is 8.25. The van der Waals surface area contributed by atoms with Crippen molar-refractivity contribution in [1.29, 1.82) is 0 Å². The summed E-state index contributed by atoms with van der Waals surface area (Å²) in [4.78, 5) is 18.5. The van der Waals surface area contributed by atoms with Crippen molar-refractivity contribution in [3.63, 3.8) is 0 Å². The number of H-pyrrole nitrogens is 1. The number of nitrogens with zero attached hydrogens (tertiary/aromatic N) is 2. The van der Waals surface area contributed by atoms with Crippen molar-refractivity contribution in [3.8, 4) is 22.8 Å². The SMILES string of the molecule is COc1ccc(C2=NN(C(=O)CSc3c(-c4ccccc4)[nH]c4ccccc34)C(c3ccc(OC)cc3)C2)cc1. The number of hydrogen-bond donors (Lipinski definition) is 1. The maximum Gasteiger partial charge on any atom is 0.253 e. The Kier molecular flexibility index (Phi) is 7.29. The number of rotatable bonds is 8. The standard InChI is InChI=1S/C33H29N3O3S/c1-38-25-16-12-22(13-17-25)29-20-30(23-14-18-26(39-2)19-15-23)36(35-29)31(37)21-40-33-27-10-6-7-11-28(27)34-32(33)24-8-4-3-5-9-24/h3-19,30,34H,20-21H2,1-2H3. The summed E-state index contributed by atoms with van der Waals surface area (Å²) in [6.45, 7) is 0. The fraction of sp³-hybridized carbons (Fsp3) is 0.152. The molecule has 1 amide bonds. The van der Waals surface area contributed by atoms with Gasteiger partial charge in [0.05, 0.1) is 37.4 Å². The van der Waals surface area contributed by atoms with E-state index in [9.17, 15) is 4.79 Å². The molecule has 0 radical (unpaired) electrons. The number of methoxy groups -OCH3 is 2. The average Bonchev–Trinajstić information content (AvgIpc) is 3.63. The number of hydrazone groups is 1. The van der Waals surface area contributed by atoms with Crippen molar-refractivity contribution in [2.24, 2.45) is 5.10 Å². The predicted molar refractivity (Wildman–Crippen MR) is 161 cm³/mol. The van der Waals surface area contributed by atoms with E-state index < -0.39 is 0 Å². The van der Waals surface area contributed by atoms with E-state index in [0.29, 0.717) is 6.42 Å². The molecule has 0 fully saturated rings. The molecule has 1 aliphatic rings. The highest BCUT2D eigenvalue weighted by molar-refractivity contribution is 8.00. The average molecular weight is 548 g/mol. The summed E-state index contributed by atoms with van der Waals surface area (Å²) in [5, 5.41) is 7.63. The first-order chi connectivity index (χ1) is 19.6. The van der Waals surface area contributed by atoms with Gasteiger partial charge in [0, 0.05) is 22.2 Å². The minimum absolute atomic E-state index is 0.0429. The first-order valence-corrected chi connectivity index (χ1v) is 14.1. The zero-order valence-corrected chi connectivity index (χ0v) is 23.2. The van der Waals surface area contributed by atoms with E-state index in [0.717, 1.165) is 55.4 Å². The van der Waals surface area contributed by atoms with Crippen LogP contribution in [0.4, 0.5) is 0 Å². The second-order valence-corrected chi connectivity index (χ2v) is 10.5. The number of thioether (sulfide) groups is 1. The van der Waals surface area contributed by atoms with Crippen LogP contribution in [0.15, 0.2) is 113 Å². The molecule has 6 nitrogen and oxygen atoms in total. The van der Waals surface area contributed by atoms with Crippen LogP contribution in [0.1, 0.15) is 23.6 Å². The van der Waals surface area contributed by atoms with Crippen LogP contribution in [0.3, 0.4) is 0 Å². The largest absolute Gasteiger partial charge is 0.497 e. The van der Waals surface area contributed by atoms with E-state index >= 15 is 0 Å². The van der Waals surface area contributed by atoms with Crippen LogP contribution < -0.4 is 9.47 Å². The third kappa shape index (κ3) is 5.08. The van der Waals surface area contributed by atoms with E-state index in [1.165, 1.54) is 0 Å². The first-order valence-electron chi connectivity index (χ1n) is 13.1. The molecule has 6 rings (SSSR count). The van der Waals surface area contributed by atoms with Crippen LogP contribution in [-0.2, 0) is 4.79 Å². The maximum absolute atomic E-state index is 13.9. The lowest BCUT2D eigenvalue weighted by Crippen LogP contribution is -2.28. The van der Waals surface area contributed by atoms with Gasteiger partial charge in [-0.1, -0.05) is 60.7 Å². The maximum atomic E-state index is 13.9. The Balaban J connectivity index is 1.31. The molecule has 0 bridgehead atoms. The second kappa shape index (κ2) is 11.3. The zero-order chi connectivity index (χ0) is 27.5. The number of aromatic nitrogens is 1. The van der Waals surface area contributed by atoms with Crippen molar-refractivity contribution >= 4 is 34.3 Å². The van der Waals surface area contributed by atoms with E-state index in [-0.39, 0.29) is 17.7 Å². The van der Waals surface area contributed by atoms with E-state index in [1.807, 2.05) is 78.9 Å². The van der Waals surface area contributed by atoms with Crippen LogP contribution in [0.2, 0.25) is 0 Å². The molecule has 40 heavy (non-hydrogen) atoms. The van der Waals surface area contributed by atoms with Gasteiger partial charge in [0.15, 0.2) is 0 Å². The Morgan fingerprint density at radius 1 is 0.850 bits per heavy atom. The van der Waals surface area contributed by atoms with Crippen LogP contribution in [-0.4, -0.2) is 41.6 Å². The molecule has 0 spiro atoms. The second-order valence-electron chi connectivity index (χ2n) is 9.54. The molecule has 1 atom stereocenters. The quantitative estimate of drug-likeness (QED) is 0.207. The highest BCUT2D eigenvalue weighted by Gasteiger charge is 2.33. The number of benzene rings is 4. The molecule has 7 heteroatoms. The molecular formula is C33H29N3O3S. The molecule has 4 aromatic carbocycles. The highest BCUT2D eigenvalue weighted by Crippen LogP contribution is 2.39. The molecule has 1 aliphatic heterocycles. The number of aromatic amines is 1. The summed E-state index contributed by atoms with van der Waals surface area (Å²) in [6.07, 6.45) is 0.622. The predicted octanol–water partition coefficient (Wildman–Crippen LogP) is 7.32. The fourth-order valence-corrected chi connectivity index (χ4v) is 6.10. The van der Waals surface area contributed by atoms with Gasteiger partial charge in [0.1, 0.15) is 11.5 Å². The number of carbonyl (C=O) groups is 1. The number of carbonyl (C=O) groups excluding carboxylic acids is 1. The minimum atomic E-state index is -0.201. The molecule has 0 saturated carbocycles. The Labute approximate surface area is 237 Å². The molecule has 0 aliphatic carbocycles. The van der Waals surface area contributed by atoms with Gasteiger partial charge in [-0.2, -0.15) is 5.10 Å². The summed E-state index contributed by atoms with van der Waals surface area (Å²) in [7, 11) is 3.30. The Bertz CT molecular complexity index is 1660. The molecule has 5 aromatic rings. The molecule has 2 heterocycles.